The number of amides is 1. The maximum absolute atomic E-state index is 11.2. The quantitative estimate of drug-likeness (QED) is 0.424. The number of nitrogens with zero attached hydrogens (tertiary/aromatic N) is 1. The summed E-state index contributed by atoms with van der Waals surface area (Å²) >= 11 is 0. The van der Waals surface area contributed by atoms with E-state index in [1.54, 1.807) is 18.3 Å². The van der Waals surface area contributed by atoms with Crippen molar-refractivity contribution in [2.24, 2.45) is 0 Å². The van der Waals surface area contributed by atoms with Crippen LogP contribution in [0.5, 0.6) is 0 Å². The van der Waals surface area contributed by atoms with Crippen LogP contribution >= 0.6 is 0 Å². The van der Waals surface area contributed by atoms with E-state index in [1.807, 2.05) is 0 Å². The first-order valence-electron chi connectivity index (χ1n) is 3.88. The number of aliphatic hydroxyl groups excluding tert-OH is 1. The van der Waals surface area contributed by atoms with Gasteiger partial charge >= 0.3 is 0 Å². The minimum absolute atomic E-state index is 0.0205. The maximum atomic E-state index is 11.2. The van der Waals surface area contributed by atoms with Crippen LogP contribution in [0.25, 0.3) is 0 Å². The highest BCUT2D eigenvalue weighted by Crippen LogP contribution is 1.93. The first-order chi connectivity index (χ1) is 6.34. The molecule has 1 aromatic heterocycles. The van der Waals surface area contributed by atoms with Crippen LogP contribution in [-0.4, -0.2) is 29.1 Å². The van der Waals surface area contributed by atoms with E-state index in [2.05, 4.69) is 15.8 Å². The van der Waals surface area contributed by atoms with Crippen LogP contribution < -0.4 is 10.9 Å². The number of hydrogen-bond donors (Lipinski definition) is 3. The zero-order chi connectivity index (χ0) is 9.52. The molecule has 0 aliphatic carbocycles. The lowest BCUT2D eigenvalue weighted by Gasteiger charge is -2.04. The van der Waals surface area contributed by atoms with Gasteiger partial charge in [0, 0.05) is 18.9 Å². The minimum Gasteiger partial charge on any atom is -0.395 e. The summed E-state index contributed by atoms with van der Waals surface area (Å²) in [5.41, 5.74) is 5.45. The summed E-state index contributed by atoms with van der Waals surface area (Å²) in [7, 11) is 0. The molecule has 1 aromatic rings. The third kappa shape index (κ3) is 3.18. The molecule has 13 heavy (non-hydrogen) atoms. The van der Waals surface area contributed by atoms with Crippen LogP contribution in [0.1, 0.15) is 10.4 Å². The molecule has 3 N–H and O–H groups in total. The van der Waals surface area contributed by atoms with Gasteiger partial charge in [-0.15, -0.1) is 0 Å². The molecule has 0 unspecified atom stereocenters. The number of hydrogen-bond acceptors (Lipinski definition) is 4. The number of carbonyl (C=O) groups is 1. The molecule has 0 atom stereocenters. The molecule has 0 fully saturated rings. The Labute approximate surface area is 75.8 Å². The lowest BCUT2D eigenvalue weighted by Crippen LogP contribution is -2.38. The summed E-state index contributed by atoms with van der Waals surface area (Å²) in [5.74, 6) is -0.262. The Morgan fingerprint density at radius 1 is 1.62 bits per heavy atom. The third-order valence-corrected chi connectivity index (χ3v) is 1.36. The van der Waals surface area contributed by atoms with Crippen LogP contribution in [0.2, 0.25) is 0 Å². The van der Waals surface area contributed by atoms with Gasteiger partial charge in [0.1, 0.15) is 0 Å². The van der Waals surface area contributed by atoms with E-state index in [1.165, 1.54) is 6.20 Å². The summed E-state index contributed by atoms with van der Waals surface area (Å²) in [6.45, 7) is 0.305. The highest BCUT2D eigenvalue weighted by Gasteiger charge is 2.02. The first kappa shape index (κ1) is 9.63. The molecule has 0 saturated carbocycles. The van der Waals surface area contributed by atoms with Crippen molar-refractivity contribution in [3.63, 3.8) is 0 Å². The molecule has 1 heterocycles. The number of nitrogens with one attached hydrogen (secondary N) is 2. The molecule has 1 rings (SSSR count). The molecule has 0 spiro atoms. The molecule has 0 aliphatic rings. The highest BCUT2D eigenvalue weighted by atomic mass is 16.3. The van der Waals surface area contributed by atoms with Crippen molar-refractivity contribution < 1.29 is 9.90 Å². The number of hydrazine groups is 1. The fourth-order valence-electron chi connectivity index (χ4n) is 0.768. The zero-order valence-corrected chi connectivity index (χ0v) is 7.03. The molecule has 70 valence electrons. The van der Waals surface area contributed by atoms with Crippen molar-refractivity contribution in [2.45, 2.75) is 0 Å². The number of aromatic nitrogens is 1. The third-order valence-electron chi connectivity index (χ3n) is 1.36. The van der Waals surface area contributed by atoms with Gasteiger partial charge in [-0.1, -0.05) is 0 Å². The summed E-state index contributed by atoms with van der Waals surface area (Å²) in [4.78, 5) is 15.0. The van der Waals surface area contributed by atoms with Crippen LogP contribution in [0.15, 0.2) is 24.5 Å². The van der Waals surface area contributed by atoms with Gasteiger partial charge in [0.25, 0.3) is 5.91 Å². The average Bonchev–Trinajstić information content (AvgIpc) is 2.19. The number of pyridine rings is 1. The fraction of sp³-hybridized carbons (Fsp3) is 0.250. The van der Waals surface area contributed by atoms with Crippen LogP contribution in [0.3, 0.4) is 0 Å². The Kier molecular flexibility index (Phi) is 3.87. The highest BCUT2D eigenvalue weighted by molar-refractivity contribution is 5.93. The smallest absolute Gasteiger partial charge is 0.266 e. The molecular weight excluding hydrogens is 170 g/mol. The van der Waals surface area contributed by atoms with Crippen LogP contribution in [-0.2, 0) is 0 Å². The normalized spacial score (nSPS) is 9.62. The van der Waals surface area contributed by atoms with Crippen molar-refractivity contribution in [1.29, 1.82) is 0 Å². The molecule has 1 amide bonds. The second-order valence-corrected chi connectivity index (χ2v) is 2.35. The number of rotatable bonds is 4. The van der Waals surface area contributed by atoms with Crippen molar-refractivity contribution in [3.05, 3.63) is 30.1 Å². The van der Waals surface area contributed by atoms with E-state index in [0.717, 1.165) is 0 Å². The van der Waals surface area contributed by atoms with E-state index in [9.17, 15) is 4.79 Å². The Balaban J connectivity index is 2.40. The predicted octanol–water partition coefficient (Wildman–Crippen LogP) is -0.692. The zero-order valence-electron chi connectivity index (χ0n) is 7.03. The molecular formula is C8H11N3O2. The Bertz CT molecular complexity index is 263. The van der Waals surface area contributed by atoms with Gasteiger partial charge in [0.15, 0.2) is 0 Å². The second-order valence-electron chi connectivity index (χ2n) is 2.35. The lowest BCUT2D eigenvalue weighted by molar-refractivity contribution is 0.0929. The lowest BCUT2D eigenvalue weighted by atomic mass is 10.3. The molecule has 5 heteroatoms. The molecule has 0 radical (unpaired) electrons. The van der Waals surface area contributed by atoms with E-state index in [-0.39, 0.29) is 12.5 Å². The first-order valence-corrected chi connectivity index (χ1v) is 3.88. The maximum Gasteiger partial charge on any atom is 0.266 e. The van der Waals surface area contributed by atoms with E-state index >= 15 is 0 Å². The summed E-state index contributed by atoms with van der Waals surface area (Å²) in [6.07, 6.45) is 3.06. The van der Waals surface area contributed by atoms with Gasteiger partial charge in [-0.3, -0.25) is 15.2 Å². The second kappa shape index (κ2) is 5.23. The largest absolute Gasteiger partial charge is 0.395 e. The van der Waals surface area contributed by atoms with E-state index < -0.39 is 0 Å². The molecule has 0 aromatic carbocycles. The molecule has 5 nitrogen and oxygen atoms in total. The van der Waals surface area contributed by atoms with E-state index in [4.69, 9.17) is 5.11 Å². The van der Waals surface area contributed by atoms with Gasteiger partial charge in [0.2, 0.25) is 0 Å². The van der Waals surface area contributed by atoms with E-state index in [0.29, 0.717) is 12.1 Å². The van der Waals surface area contributed by atoms with Crippen LogP contribution in [0.4, 0.5) is 0 Å². The molecule has 0 aliphatic heterocycles. The number of carbonyl (C=O) groups excluding carboxylic acids is 1. The van der Waals surface area contributed by atoms with Crippen molar-refractivity contribution >= 4 is 5.91 Å². The van der Waals surface area contributed by atoms with Gasteiger partial charge in [0.05, 0.1) is 12.2 Å². The monoisotopic (exact) mass is 181 g/mol. The van der Waals surface area contributed by atoms with Gasteiger partial charge < -0.3 is 5.11 Å². The van der Waals surface area contributed by atoms with Gasteiger partial charge in [-0.05, 0) is 12.1 Å². The van der Waals surface area contributed by atoms with Gasteiger partial charge in [-0.25, -0.2) is 5.43 Å². The Hall–Kier alpha value is -1.46. The fourth-order valence-corrected chi connectivity index (χ4v) is 0.768. The Morgan fingerprint density at radius 2 is 2.46 bits per heavy atom. The van der Waals surface area contributed by atoms with Crippen molar-refractivity contribution in [3.8, 4) is 0 Å². The Morgan fingerprint density at radius 3 is 3.08 bits per heavy atom. The standard InChI is InChI=1S/C8H11N3O2/c12-5-4-10-11-8(13)7-2-1-3-9-6-7/h1-3,6,10,12H,4-5H2,(H,11,13). The summed E-state index contributed by atoms with van der Waals surface area (Å²) in [6, 6.07) is 3.34. The van der Waals surface area contributed by atoms with Gasteiger partial charge in [-0.2, -0.15) is 0 Å². The van der Waals surface area contributed by atoms with Crippen molar-refractivity contribution in [2.75, 3.05) is 13.2 Å². The SMILES string of the molecule is O=C(NNCCO)c1cccnc1. The number of aliphatic hydroxyl groups is 1. The summed E-state index contributed by atoms with van der Waals surface area (Å²) < 4.78 is 0. The topological polar surface area (TPSA) is 74.2 Å². The predicted molar refractivity (Wildman–Crippen MR) is 46.8 cm³/mol. The molecule has 0 bridgehead atoms. The average molecular weight is 181 g/mol. The van der Waals surface area contributed by atoms with Crippen LogP contribution in [0, 0.1) is 0 Å². The minimum atomic E-state index is -0.262. The summed E-state index contributed by atoms with van der Waals surface area (Å²) in [5, 5.41) is 8.42. The molecule has 0 saturated heterocycles. The van der Waals surface area contributed by atoms with Crippen molar-refractivity contribution in [1.82, 2.24) is 15.8 Å².